The maximum Gasteiger partial charge on any atom is 0.346 e. The largest absolute Gasteiger partial charge is 0.346 e. The van der Waals surface area contributed by atoms with Crippen molar-refractivity contribution in [2.45, 2.75) is 36.7 Å². The monoisotopic (exact) mass is 483 g/mol. The van der Waals surface area contributed by atoms with Gasteiger partial charge in [0.25, 0.3) is 0 Å². The standard InChI is InChI=1S/C25H26FN3O4S/c1-17(23-5-3-4-6-24(23)26)29(31)25(30)27-21-9-11-22(12-10-21)34(32,33)16-18-7-8-19-14-28(2)15-20(19)13-18/h3-13,17,31H,14-16H2,1-2H3,(H,27,30). The van der Waals surface area contributed by atoms with Crippen molar-refractivity contribution >= 4 is 21.6 Å². The number of urea groups is 1. The molecule has 178 valence electrons. The highest BCUT2D eigenvalue weighted by molar-refractivity contribution is 7.90. The molecule has 1 aliphatic rings. The van der Waals surface area contributed by atoms with Gasteiger partial charge in [-0.2, -0.15) is 5.06 Å². The molecule has 0 saturated carbocycles. The summed E-state index contributed by atoms with van der Waals surface area (Å²) in [6, 6.07) is 15.6. The summed E-state index contributed by atoms with van der Waals surface area (Å²) in [5.74, 6) is -0.660. The molecule has 1 heterocycles. The van der Waals surface area contributed by atoms with Crippen LogP contribution < -0.4 is 5.32 Å². The van der Waals surface area contributed by atoms with E-state index in [0.717, 1.165) is 24.2 Å². The Kier molecular flexibility index (Phi) is 6.70. The van der Waals surface area contributed by atoms with Crippen LogP contribution in [0.15, 0.2) is 71.6 Å². The predicted octanol–water partition coefficient (Wildman–Crippen LogP) is 4.73. The van der Waals surface area contributed by atoms with Gasteiger partial charge in [0.05, 0.1) is 16.7 Å². The number of carbonyl (C=O) groups is 1. The minimum atomic E-state index is -3.59. The van der Waals surface area contributed by atoms with Crippen LogP contribution >= 0.6 is 0 Å². The van der Waals surface area contributed by atoms with Crippen molar-refractivity contribution in [2.24, 2.45) is 0 Å². The van der Waals surface area contributed by atoms with Crippen LogP contribution in [0.5, 0.6) is 0 Å². The molecule has 2 N–H and O–H groups in total. The molecule has 1 atom stereocenters. The van der Waals surface area contributed by atoms with E-state index in [1.165, 1.54) is 55.0 Å². The fourth-order valence-corrected chi connectivity index (χ4v) is 5.39. The van der Waals surface area contributed by atoms with Crippen molar-refractivity contribution in [1.82, 2.24) is 9.96 Å². The minimum absolute atomic E-state index is 0.125. The van der Waals surface area contributed by atoms with E-state index < -0.39 is 27.7 Å². The molecular weight excluding hydrogens is 457 g/mol. The smallest absolute Gasteiger partial charge is 0.306 e. The highest BCUT2D eigenvalue weighted by Gasteiger charge is 2.23. The maximum atomic E-state index is 14.0. The highest BCUT2D eigenvalue weighted by atomic mass is 32.2. The summed E-state index contributed by atoms with van der Waals surface area (Å²) in [4.78, 5) is 14.7. The number of carbonyl (C=O) groups excluding carboxylic acids is 1. The van der Waals surface area contributed by atoms with E-state index in [1.807, 2.05) is 25.2 Å². The Morgan fingerprint density at radius 1 is 1.09 bits per heavy atom. The van der Waals surface area contributed by atoms with Crippen molar-refractivity contribution in [3.63, 3.8) is 0 Å². The van der Waals surface area contributed by atoms with E-state index in [-0.39, 0.29) is 16.2 Å². The quantitative estimate of drug-likeness (QED) is 0.391. The van der Waals surface area contributed by atoms with Gasteiger partial charge in [-0.05, 0) is 61.0 Å². The zero-order valence-electron chi connectivity index (χ0n) is 18.9. The van der Waals surface area contributed by atoms with Gasteiger partial charge in [0.1, 0.15) is 5.82 Å². The number of nitrogens with zero attached hydrogens (tertiary/aromatic N) is 2. The third kappa shape index (κ3) is 5.11. The third-order valence-corrected chi connectivity index (χ3v) is 7.61. The number of anilines is 1. The first kappa shape index (κ1) is 23.9. The van der Waals surface area contributed by atoms with E-state index >= 15 is 0 Å². The molecule has 3 aromatic carbocycles. The molecule has 7 nitrogen and oxygen atoms in total. The van der Waals surface area contributed by atoms with Gasteiger partial charge in [-0.1, -0.05) is 36.4 Å². The van der Waals surface area contributed by atoms with E-state index in [1.54, 1.807) is 6.07 Å². The van der Waals surface area contributed by atoms with Gasteiger partial charge in [0.2, 0.25) is 0 Å². The fourth-order valence-electron chi connectivity index (χ4n) is 4.06. The van der Waals surface area contributed by atoms with Gasteiger partial charge in [0.15, 0.2) is 9.84 Å². The molecule has 0 bridgehead atoms. The van der Waals surface area contributed by atoms with Crippen LogP contribution in [0, 0.1) is 5.82 Å². The molecule has 1 unspecified atom stereocenters. The van der Waals surface area contributed by atoms with Crippen LogP contribution in [-0.2, 0) is 28.7 Å². The van der Waals surface area contributed by atoms with E-state index in [0.29, 0.717) is 10.8 Å². The first-order valence-corrected chi connectivity index (χ1v) is 12.4. The summed E-state index contributed by atoms with van der Waals surface area (Å²) in [5, 5.41) is 13.1. The fraction of sp³-hybridized carbons (Fsp3) is 0.240. The lowest BCUT2D eigenvalue weighted by Crippen LogP contribution is -2.34. The SMILES string of the molecule is CC(c1ccccc1F)N(O)C(=O)Nc1ccc(S(=O)(=O)Cc2ccc3c(c2)CN(C)C3)cc1. The van der Waals surface area contributed by atoms with Crippen LogP contribution in [0.1, 0.15) is 35.2 Å². The summed E-state index contributed by atoms with van der Waals surface area (Å²) in [6.07, 6.45) is 0. The van der Waals surface area contributed by atoms with Crippen molar-refractivity contribution in [1.29, 1.82) is 0 Å². The number of nitrogens with one attached hydrogen (secondary N) is 1. The molecule has 1 aliphatic heterocycles. The van der Waals surface area contributed by atoms with Crippen LogP contribution in [0.4, 0.5) is 14.9 Å². The number of sulfone groups is 1. The number of hydrogen-bond donors (Lipinski definition) is 2. The Balaban J connectivity index is 1.42. The number of rotatable bonds is 6. The van der Waals surface area contributed by atoms with Crippen LogP contribution in [0.3, 0.4) is 0 Å². The van der Waals surface area contributed by atoms with Gasteiger partial charge in [-0.3, -0.25) is 10.1 Å². The number of hydroxylamine groups is 2. The molecule has 3 aromatic rings. The van der Waals surface area contributed by atoms with Crippen molar-refractivity contribution in [2.75, 3.05) is 12.4 Å². The average molecular weight is 484 g/mol. The van der Waals surface area contributed by atoms with Crippen molar-refractivity contribution < 1.29 is 22.8 Å². The van der Waals surface area contributed by atoms with Gasteiger partial charge in [0, 0.05) is 24.3 Å². The van der Waals surface area contributed by atoms with Gasteiger partial charge < -0.3 is 5.32 Å². The molecule has 4 rings (SSSR count). The lowest BCUT2D eigenvalue weighted by atomic mass is 10.1. The molecule has 0 aromatic heterocycles. The van der Waals surface area contributed by atoms with E-state index in [4.69, 9.17) is 0 Å². The van der Waals surface area contributed by atoms with Crippen LogP contribution in [0.25, 0.3) is 0 Å². The summed E-state index contributed by atoms with van der Waals surface area (Å²) < 4.78 is 39.8. The Morgan fingerprint density at radius 3 is 2.47 bits per heavy atom. The van der Waals surface area contributed by atoms with Crippen LogP contribution in [-0.4, -0.2) is 36.7 Å². The Morgan fingerprint density at radius 2 is 1.76 bits per heavy atom. The summed E-state index contributed by atoms with van der Waals surface area (Å²) in [6.45, 7) is 3.15. The van der Waals surface area contributed by atoms with Gasteiger partial charge in [-0.15, -0.1) is 0 Å². The zero-order chi connectivity index (χ0) is 24.5. The van der Waals surface area contributed by atoms with E-state index in [9.17, 15) is 22.8 Å². The second-order valence-corrected chi connectivity index (χ2v) is 10.5. The van der Waals surface area contributed by atoms with Gasteiger partial charge in [-0.25, -0.2) is 17.6 Å². The van der Waals surface area contributed by atoms with Crippen molar-refractivity contribution in [3.05, 3.63) is 94.8 Å². The number of halogens is 1. The van der Waals surface area contributed by atoms with E-state index in [2.05, 4.69) is 10.2 Å². The van der Waals surface area contributed by atoms with Gasteiger partial charge >= 0.3 is 6.03 Å². The van der Waals surface area contributed by atoms with Crippen molar-refractivity contribution in [3.8, 4) is 0 Å². The third-order valence-electron chi connectivity index (χ3n) is 5.90. The number of benzene rings is 3. The molecule has 34 heavy (non-hydrogen) atoms. The molecule has 2 amide bonds. The molecule has 0 aliphatic carbocycles. The average Bonchev–Trinajstić information content (AvgIpc) is 3.17. The number of fused-ring (bicyclic) bond motifs is 1. The Labute approximate surface area is 198 Å². The lowest BCUT2D eigenvalue weighted by molar-refractivity contribution is -0.0698. The maximum absolute atomic E-state index is 14.0. The first-order chi connectivity index (χ1) is 16.1. The first-order valence-electron chi connectivity index (χ1n) is 10.8. The second kappa shape index (κ2) is 9.54. The zero-order valence-corrected chi connectivity index (χ0v) is 19.7. The molecule has 0 radical (unpaired) electrons. The molecular formula is C25H26FN3O4S. The highest BCUT2D eigenvalue weighted by Crippen LogP contribution is 2.26. The predicted molar refractivity (Wildman–Crippen MR) is 126 cm³/mol. The molecule has 0 spiro atoms. The summed E-state index contributed by atoms with van der Waals surface area (Å²) >= 11 is 0. The lowest BCUT2D eigenvalue weighted by Gasteiger charge is -2.23. The normalized spacial score (nSPS) is 14.5. The van der Waals surface area contributed by atoms with Crippen LogP contribution in [0.2, 0.25) is 0 Å². The number of amides is 2. The summed E-state index contributed by atoms with van der Waals surface area (Å²) in [5.41, 5.74) is 3.55. The number of hydrogen-bond acceptors (Lipinski definition) is 5. The Bertz CT molecular complexity index is 1310. The molecule has 9 heteroatoms. The minimum Gasteiger partial charge on any atom is -0.306 e. The molecule has 0 saturated heterocycles. The molecule has 0 fully saturated rings. The summed E-state index contributed by atoms with van der Waals surface area (Å²) in [7, 11) is -1.57. The Hall–Kier alpha value is -3.27. The topological polar surface area (TPSA) is 90.0 Å². The second-order valence-electron chi connectivity index (χ2n) is 8.53.